The van der Waals surface area contributed by atoms with Crippen LogP contribution in [0, 0.1) is 0 Å². The Bertz CT molecular complexity index is 2180. The van der Waals surface area contributed by atoms with Crippen molar-refractivity contribution in [3.63, 3.8) is 0 Å². The highest BCUT2D eigenvalue weighted by atomic mass is 16.7. The van der Waals surface area contributed by atoms with E-state index in [9.17, 15) is 19.5 Å². The maximum atomic E-state index is 13.0. The van der Waals surface area contributed by atoms with Gasteiger partial charge in [0.1, 0.15) is 13.2 Å². The van der Waals surface area contributed by atoms with Gasteiger partial charge in [0.15, 0.2) is 12.4 Å². The lowest BCUT2D eigenvalue weighted by Gasteiger charge is -2.26. The molecule has 0 bridgehead atoms. The Hall–Kier alpha value is -4.83. The fourth-order valence-corrected chi connectivity index (χ4v) is 11.7. The Labute approximate surface area is 623 Å². The number of quaternary nitrogens is 1. The number of allylic oxidation sites excluding steroid dienone is 24. The van der Waals surface area contributed by atoms with Crippen molar-refractivity contribution in [2.75, 3.05) is 47.5 Å². The fraction of sp³-hybridized carbons (Fsp3) is 0.707. The molecule has 0 aliphatic rings. The van der Waals surface area contributed by atoms with Crippen LogP contribution >= 0.6 is 0 Å². The summed E-state index contributed by atoms with van der Waals surface area (Å²) in [5.74, 6) is -2.28. The zero-order valence-electron chi connectivity index (χ0n) is 66.2. The van der Waals surface area contributed by atoms with Crippen LogP contribution in [-0.2, 0) is 33.3 Å². The largest absolute Gasteiger partial charge is 0.545 e. The molecule has 0 rings (SSSR count). The molecule has 9 nitrogen and oxygen atoms in total. The average molecular weight is 1410 g/mol. The number of unbranched alkanes of at least 4 members (excludes halogenated alkanes) is 38. The number of carboxylic acids is 1. The van der Waals surface area contributed by atoms with Gasteiger partial charge in [-0.2, -0.15) is 0 Å². The Kier molecular flexibility index (Phi) is 77.0. The highest BCUT2D eigenvalue weighted by Gasteiger charge is 2.22. The number of hydrogen-bond donors (Lipinski definition) is 0. The van der Waals surface area contributed by atoms with E-state index >= 15 is 0 Å². The third kappa shape index (κ3) is 82.3. The van der Waals surface area contributed by atoms with Gasteiger partial charge in [-0.25, -0.2) is 0 Å². The number of aliphatic carboxylic acids is 1. The van der Waals surface area contributed by atoms with Crippen LogP contribution in [0.4, 0.5) is 0 Å². The first-order valence-corrected chi connectivity index (χ1v) is 42.0. The summed E-state index contributed by atoms with van der Waals surface area (Å²) in [4.78, 5) is 37.7. The quantitative estimate of drug-likeness (QED) is 0.0195. The van der Waals surface area contributed by atoms with E-state index < -0.39 is 24.3 Å². The molecule has 0 radical (unpaired) electrons. The number of nitrogens with zero attached hydrogens (tertiary/aromatic N) is 1. The van der Waals surface area contributed by atoms with Gasteiger partial charge in [-0.3, -0.25) is 9.59 Å². The van der Waals surface area contributed by atoms with Crippen LogP contribution in [-0.4, -0.2) is 82.3 Å². The molecule has 2 atom stereocenters. The van der Waals surface area contributed by atoms with E-state index in [0.717, 1.165) is 116 Å². The van der Waals surface area contributed by atoms with E-state index in [2.05, 4.69) is 160 Å². The van der Waals surface area contributed by atoms with Gasteiger partial charge in [-0.15, -0.1) is 0 Å². The van der Waals surface area contributed by atoms with Crippen molar-refractivity contribution in [2.45, 2.75) is 373 Å². The lowest BCUT2D eigenvalue weighted by Crippen LogP contribution is -2.44. The van der Waals surface area contributed by atoms with Crippen LogP contribution in [0.15, 0.2) is 146 Å². The minimum Gasteiger partial charge on any atom is -0.545 e. The monoisotopic (exact) mass is 1400 g/mol. The van der Waals surface area contributed by atoms with Gasteiger partial charge in [-0.1, -0.05) is 372 Å². The minimum atomic E-state index is -1.63. The molecule has 9 heteroatoms. The van der Waals surface area contributed by atoms with E-state index in [1.807, 2.05) is 21.1 Å². The molecule has 0 N–H and O–H groups in total. The molecule has 0 fully saturated rings. The number of carbonyl (C=O) groups excluding carboxylic acids is 3. The fourth-order valence-electron chi connectivity index (χ4n) is 11.7. The molecule has 0 saturated heterocycles. The molecule has 0 aliphatic heterocycles. The Morgan fingerprint density at radius 3 is 0.842 bits per heavy atom. The van der Waals surface area contributed by atoms with E-state index in [-0.39, 0.29) is 38.6 Å². The average Bonchev–Trinajstić information content (AvgIpc) is 1.21. The number of esters is 2. The first-order chi connectivity index (χ1) is 49.6. The molecular weight excluding hydrogens is 1250 g/mol. The van der Waals surface area contributed by atoms with Crippen LogP contribution < -0.4 is 5.11 Å². The lowest BCUT2D eigenvalue weighted by atomic mass is 10.0. The van der Waals surface area contributed by atoms with Crippen LogP contribution in [0.5, 0.6) is 0 Å². The topological polar surface area (TPSA) is 111 Å². The third-order valence-electron chi connectivity index (χ3n) is 18.1. The van der Waals surface area contributed by atoms with Gasteiger partial charge in [-0.05, 0) is 122 Å². The number of hydrogen-bond acceptors (Lipinski definition) is 8. The van der Waals surface area contributed by atoms with Crippen molar-refractivity contribution in [1.82, 2.24) is 0 Å². The number of carbonyl (C=O) groups is 3. The molecule has 0 aromatic rings. The van der Waals surface area contributed by atoms with Crippen LogP contribution in [0.2, 0.25) is 0 Å². The highest BCUT2D eigenvalue weighted by molar-refractivity contribution is 5.70. The van der Waals surface area contributed by atoms with Crippen LogP contribution in [0.1, 0.15) is 361 Å². The summed E-state index contributed by atoms with van der Waals surface area (Å²) >= 11 is 0. The van der Waals surface area contributed by atoms with E-state index in [1.54, 1.807) is 0 Å². The third-order valence-corrected chi connectivity index (χ3v) is 18.1. The molecule has 0 saturated carbocycles. The van der Waals surface area contributed by atoms with Gasteiger partial charge in [0.2, 0.25) is 0 Å². The molecule has 2 unspecified atom stereocenters. The zero-order valence-corrected chi connectivity index (χ0v) is 66.2. The smallest absolute Gasteiger partial charge is 0.306 e. The molecule has 101 heavy (non-hydrogen) atoms. The van der Waals surface area contributed by atoms with Crippen LogP contribution in [0.25, 0.3) is 0 Å². The Morgan fingerprint density at radius 2 is 0.564 bits per heavy atom. The molecule has 0 spiro atoms. The second-order valence-corrected chi connectivity index (χ2v) is 29.0. The van der Waals surface area contributed by atoms with Crippen molar-refractivity contribution in [2.24, 2.45) is 0 Å². The van der Waals surface area contributed by atoms with Gasteiger partial charge < -0.3 is 33.3 Å². The van der Waals surface area contributed by atoms with Crippen molar-refractivity contribution in [1.29, 1.82) is 0 Å². The van der Waals surface area contributed by atoms with Crippen molar-refractivity contribution in [3.8, 4) is 0 Å². The maximum absolute atomic E-state index is 13.0. The van der Waals surface area contributed by atoms with Crippen molar-refractivity contribution in [3.05, 3.63) is 146 Å². The number of rotatable bonds is 77. The predicted octanol–water partition coefficient (Wildman–Crippen LogP) is 26.0. The number of ether oxygens (including phenoxy) is 4. The van der Waals surface area contributed by atoms with E-state index in [1.165, 1.54) is 212 Å². The minimum absolute atomic E-state index is 0.142. The molecule has 578 valence electrons. The Morgan fingerprint density at radius 1 is 0.307 bits per heavy atom. The second kappa shape index (κ2) is 80.8. The molecule has 0 aromatic heterocycles. The number of likely N-dealkylation sites (N-methyl/N-ethyl adjacent to an activating group) is 1. The standard InChI is InChI=1S/C92H157NO8/c1-6-8-10-12-14-16-18-20-22-24-26-28-30-32-34-36-38-40-42-43-44-45-46-47-49-51-53-55-57-59-61-63-65-67-69-71-73-75-77-79-81-83-90(95)101-88(87-100-92(91(96)97)98-85-84-93(3,4)5)86-99-89(94)82-80-78-76-74-72-70-68-66-64-62-60-58-56-54-52-50-48-41-39-37-35-33-31-29-27-25-23-21-19-17-15-13-11-9-7-2/h8,10,14,16,19-22,25-28,32,34,38,40,43-44,46-47,51,53,57,59,88,92H,6-7,9,11-13,15,17-18,23-24,29-31,33,35-37,39,41-42,45,48-50,52,54-56,58,60-87H2,1-5H3/b10-8-,16-14-,21-19-,22-20-,27-25-,28-26-,34-32-,40-38-,44-43-,47-46-,53-51-,59-57-. The van der Waals surface area contributed by atoms with Crippen molar-refractivity contribution < 1.29 is 42.9 Å². The van der Waals surface area contributed by atoms with Gasteiger partial charge in [0, 0.05) is 12.8 Å². The zero-order chi connectivity index (χ0) is 73.2. The van der Waals surface area contributed by atoms with E-state index in [4.69, 9.17) is 18.9 Å². The first kappa shape index (κ1) is 96.2. The van der Waals surface area contributed by atoms with Gasteiger partial charge >= 0.3 is 11.9 Å². The molecule has 0 aliphatic carbocycles. The maximum Gasteiger partial charge on any atom is 0.306 e. The number of carboxylic acid groups (broad SMARTS) is 1. The summed E-state index contributed by atoms with van der Waals surface area (Å²) in [5.41, 5.74) is 0. The Balaban J connectivity index is 4.05. The summed E-state index contributed by atoms with van der Waals surface area (Å²) < 4.78 is 22.9. The first-order valence-electron chi connectivity index (χ1n) is 42.0. The summed E-state index contributed by atoms with van der Waals surface area (Å²) in [6, 6.07) is 0. The highest BCUT2D eigenvalue weighted by Crippen LogP contribution is 2.19. The molecular formula is C92H157NO8. The lowest BCUT2D eigenvalue weighted by molar-refractivity contribution is -0.870. The van der Waals surface area contributed by atoms with E-state index in [0.29, 0.717) is 17.4 Å². The molecule has 0 heterocycles. The summed E-state index contributed by atoms with van der Waals surface area (Å²) in [7, 11) is 5.94. The molecule has 0 amide bonds. The molecule has 0 aromatic carbocycles. The normalized spacial score (nSPS) is 13.4. The predicted molar refractivity (Wildman–Crippen MR) is 435 cm³/mol. The summed E-state index contributed by atoms with van der Waals surface area (Å²) in [6.07, 6.45) is 115. The van der Waals surface area contributed by atoms with Gasteiger partial charge in [0.25, 0.3) is 0 Å². The summed E-state index contributed by atoms with van der Waals surface area (Å²) in [5, 5.41) is 11.9. The SMILES string of the molecule is CC/C=C\C/C=C\C/C=C\C/C=C\C/C=C\C/C=C\C/C=C\C/C=C\C/C=C\C/C=C\CCCCCCCCCCCCC(=O)OC(COC(=O)CCCCCCCCCCCCCCCCCCCCCCCCC/C=C\C/C=C\CCCCCCC)COC(OCC[N+](C)(C)C)C(=O)[O-]. The van der Waals surface area contributed by atoms with Crippen molar-refractivity contribution >= 4 is 17.9 Å². The second-order valence-electron chi connectivity index (χ2n) is 29.0. The van der Waals surface area contributed by atoms with Crippen LogP contribution in [0.3, 0.4) is 0 Å². The summed E-state index contributed by atoms with van der Waals surface area (Å²) in [6.45, 7) is 4.65. The van der Waals surface area contributed by atoms with Gasteiger partial charge in [0.05, 0.1) is 40.3 Å².